The van der Waals surface area contributed by atoms with Crippen molar-refractivity contribution < 1.29 is 19.4 Å². The summed E-state index contributed by atoms with van der Waals surface area (Å²) in [6.07, 6.45) is -0.523. The number of benzene rings is 2. The first kappa shape index (κ1) is 22.8. The summed E-state index contributed by atoms with van der Waals surface area (Å²) in [5.41, 5.74) is 4.52. The first-order chi connectivity index (χ1) is 16.0. The van der Waals surface area contributed by atoms with Crippen LogP contribution in [-0.2, 0) is 9.53 Å². The average molecular weight is 448 g/mol. The number of carbonyl (C=O) groups is 2. The minimum absolute atomic E-state index is 0.0717. The maximum absolute atomic E-state index is 13.2. The average Bonchev–Trinajstić information content (AvgIpc) is 3.37. The molecule has 33 heavy (non-hydrogen) atoms. The summed E-state index contributed by atoms with van der Waals surface area (Å²) in [6, 6.07) is 16.5. The van der Waals surface area contributed by atoms with E-state index >= 15 is 0 Å². The molecule has 2 N–H and O–H groups in total. The Labute approximate surface area is 194 Å². The van der Waals surface area contributed by atoms with Crippen LogP contribution < -0.4 is 5.32 Å². The molecule has 7 nitrogen and oxygen atoms in total. The number of hydrogen-bond acceptors (Lipinski definition) is 5. The molecule has 4 atom stereocenters. The van der Waals surface area contributed by atoms with Gasteiger partial charge in [0, 0.05) is 12.5 Å². The Balaban J connectivity index is 1.46. The van der Waals surface area contributed by atoms with Gasteiger partial charge in [0.2, 0.25) is 5.91 Å². The van der Waals surface area contributed by atoms with Crippen molar-refractivity contribution in [2.24, 2.45) is 5.92 Å². The van der Waals surface area contributed by atoms with Gasteiger partial charge in [0.25, 0.3) is 0 Å². The summed E-state index contributed by atoms with van der Waals surface area (Å²) >= 11 is 0. The number of nitrogens with one attached hydrogen (secondary N) is 1. The topological polar surface area (TPSA) is 103 Å². The highest BCUT2D eigenvalue weighted by Crippen LogP contribution is 2.44. The number of carbonyl (C=O) groups excluding carboxylic acids is 2. The summed E-state index contributed by atoms with van der Waals surface area (Å²) in [7, 11) is 0. The van der Waals surface area contributed by atoms with E-state index in [9.17, 15) is 20.0 Å². The zero-order valence-corrected chi connectivity index (χ0v) is 18.9. The second kappa shape index (κ2) is 9.63. The minimum Gasteiger partial charge on any atom is -0.449 e. The number of ether oxygens (including phenoxy) is 1. The van der Waals surface area contributed by atoms with Crippen molar-refractivity contribution in [1.29, 1.82) is 5.26 Å². The molecule has 0 spiro atoms. The predicted octanol–water partition coefficient (Wildman–Crippen LogP) is 3.43. The molecule has 2 amide bonds. The molecular weight excluding hydrogens is 418 g/mol. The van der Waals surface area contributed by atoms with Crippen molar-refractivity contribution in [3.63, 3.8) is 0 Å². The third kappa shape index (κ3) is 4.31. The van der Waals surface area contributed by atoms with E-state index in [1.165, 1.54) is 4.90 Å². The lowest BCUT2D eigenvalue weighted by Crippen LogP contribution is -2.53. The van der Waals surface area contributed by atoms with E-state index in [1.54, 1.807) is 0 Å². The van der Waals surface area contributed by atoms with Crippen LogP contribution in [0.5, 0.6) is 0 Å². The molecule has 172 valence electrons. The number of amides is 2. The number of fused-ring (bicyclic) bond motifs is 3. The largest absolute Gasteiger partial charge is 0.449 e. The van der Waals surface area contributed by atoms with Crippen LogP contribution in [0.2, 0.25) is 0 Å². The Morgan fingerprint density at radius 3 is 2.36 bits per heavy atom. The molecule has 0 saturated carbocycles. The maximum Gasteiger partial charge on any atom is 0.407 e. The third-order valence-corrected chi connectivity index (χ3v) is 6.88. The van der Waals surface area contributed by atoms with E-state index in [4.69, 9.17) is 4.74 Å². The highest BCUT2D eigenvalue weighted by Gasteiger charge is 2.40. The monoisotopic (exact) mass is 447 g/mol. The number of aliphatic hydroxyl groups excluding tert-OH is 1. The highest BCUT2D eigenvalue weighted by molar-refractivity contribution is 5.87. The molecule has 0 radical (unpaired) electrons. The van der Waals surface area contributed by atoms with Crippen LogP contribution in [0, 0.1) is 17.2 Å². The molecule has 2 aliphatic rings. The molecule has 1 aliphatic carbocycles. The lowest BCUT2D eigenvalue weighted by Gasteiger charge is -2.29. The van der Waals surface area contributed by atoms with Crippen molar-refractivity contribution in [1.82, 2.24) is 10.2 Å². The third-order valence-electron chi connectivity index (χ3n) is 6.88. The highest BCUT2D eigenvalue weighted by atomic mass is 16.5. The minimum atomic E-state index is -0.895. The molecule has 1 fully saturated rings. The number of alkyl carbamates (subject to hydrolysis) is 1. The zero-order valence-electron chi connectivity index (χ0n) is 18.9. The van der Waals surface area contributed by atoms with Crippen molar-refractivity contribution in [3.05, 3.63) is 59.7 Å². The van der Waals surface area contributed by atoms with Crippen LogP contribution in [0.1, 0.15) is 43.7 Å². The van der Waals surface area contributed by atoms with Crippen LogP contribution in [0.4, 0.5) is 4.79 Å². The van der Waals surface area contributed by atoms with Crippen molar-refractivity contribution in [3.8, 4) is 17.2 Å². The fourth-order valence-corrected chi connectivity index (χ4v) is 4.81. The molecule has 7 heteroatoms. The van der Waals surface area contributed by atoms with E-state index in [2.05, 4.69) is 17.4 Å². The fourth-order valence-electron chi connectivity index (χ4n) is 4.81. The zero-order chi connectivity index (χ0) is 23.5. The van der Waals surface area contributed by atoms with E-state index in [1.807, 2.05) is 56.3 Å². The molecule has 4 rings (SSSR count). The Morgan fingerprint density at radius 2 is 1.79 bits per heavy atom. The number of aliphatic hydroxyl groups is 1. The van der Waals surface area contributed by atoms with Gasteiger partial charge in [0.1, 0.15) is 18.7 Å². The molecular formula is C26H29N3O4. The van der Waals surface area contributed by atoms with Gasteiger partial charge in [0.15, 0.2) is 0 Å². The number of hydrogen-bond donors (Lipinski definition) is 2. The van der Waals surface area contributed by atoms with Crippen LogP contribution in [-0.4, -0.2) is 53.3 Å². The van der Waals surface area contributed by atoms with Gasteiger partial charge in [-0.05, 0) is 34.6 Å². The molecule has 2 aromatic rings. The van der Waals surface area contributed by atoms with Crippen LogP contribution in [0.25, 0.3) is 11.1 Å². The van der Waals surface area contributed by atoms with E-state index in [0.717, 1.165) is 22.3 Å². The smallest absolute Gasteiger partial charge is 0.407 e. The van der Waals surface area contributed by atoms with Crippen molar-refractivity contribution in [2.45, 2.75) is 50.8 Å². The standard InChI is InChI=1S/C26H29N3O4/c1-3-16(2)24(25(31)29-13-12-23(30)22(29)14-27)28-26(32)33-15-21-19-10-6-4-8-17(19)18-9-5-7-11-20(18)21/h4-11,16,21-24,30H,3,12-13,15H2,1-2H3,(H,28,32)/t16-,22-,23-,24-/m0/s1. The quantitative estimate of drug-likeness (QED) is 0.706. The Hall–Kier alpha value is -3.37. The van der Waals surface area contributed by atoms with Gasteiger partial charge in [-0.3, -0.25) is 4.79 Å². The number of likely N-dealkylation sites (tertiary alicyclic amines) is 1. The number of rotatable bonds is 6. The molecule has 1 aliphatic heterocycles. The molecule has 0 aromatic heterocycles. The van der Waals surface area contributed by atoms with E-state index in [0.29, 0.717) is 12.8 Å². The van der Waals surface area contributed by atoms with Gasteiger partial charge in [-0.1, -0.05) is 68.8 Å². The second-order valence-electron chi connectivity index (χ2n) is 8.79. The van der Waals surface area contributed by atoms with Gasteiger partial charge in [-0.25, -0.2) is 4.79 Å². The van der Waals surface area contributed by atoms with Crippen molar-refractivity contribution in [2.75, 3.05) is 13.2 Å². The summed E-state index contributed by atoms with van der Waals surface area (Å²) in [5, 5.41) is 22.1. The van der Waals surface area contributed by atoms with Gasteiger partial charge in [-0.2, -0.15) is 5.26 Å². The lowest BCUT2D eigenvalue weighted by molar-refractivity contribution is -0.135. The molecule has 0 bridgehead atoms. The summed E-state index contributed by atoms with van der Waals surface area (Å²) in [5.74, 6) is -0.589. The number of nitrogens with zero attached hydrogens (tertiary/aromatic N) is 2. The van der Waals surface area contributed by atoms with Gasteiger partial charge < -0.3 is 20.1 Å². The lowest BCUT2D eigenvalue weighted by atomic mass is 9.97. The van der Waals surface area contributed by atoms with Crippen LogP contribution in [0.15, 0.2) is 48.5 Å². The SMILES string of the molecule is CC[C@H](C)[C@H](NC(=O)OCC1c2ccccc2-c2ccccc21)C(=O)N1CC[C@H](O)[C@@H]1C#N. The molecule has 1 saturated heterocycles. The van der Waals surface area contributed by atoms with E-state index < -0.39 is 24.3 Å². The first-order valence-electron chi connectivity index (χ1n) is 11.5. The van der Waals surface area contributed by atoms with Crippen LogP contribution >= 0.6 is 0 Å². The van der Waals surface area contributed by atoms with Gasteiger partial charge >= 0.3 is 6.09 Å². The Kier molecular flexibility index (Phi) is 6.66. The Bertz CT molecular complexity index is 1030. The Morgan fingerprint density at radius 1 is 1.18 bits per heavy atom. The predicted molar refractivity (Wildman–Crippen MR) is 123 cm³/mol. The summed E-state index contributed by atoms with van der Waals surface area (Å²) < 4.78 is 5.62. The van der Waals surface area contributed by atoms with Crippen LogP contribution in [0.3, 0.4) is 0 Å². The molecule has 1 heterocycles. The first-order valence-corrected chi connectivity index (χ1v) is 11.5. The molecule has 2 aromatic carbocycles. The molecule has 0 unspecified atom stereocenters. The van der Waals surface area contributed by atoms with Crippen molar-refractivity contribution >= 4 is 12.0 Å². The fraction of sp³-hybridized carbons (Fsp3) is 0.423. The van der Waals surface area contributed by atoms with E-state index in [-0.39, 0.29) is 30.9 Å². The normalized spacial score (nSPS) is 21.0. The summed E-state index contributed by atoms with van der Waals surface area (Å²) in [6.45, 7) is 4.26. The maximum atomic E-state index is 13.2. The number of nitriles is 1. The summed E-state index contributed by atoms with van der Waals surface area (Å²) in [4.78, 5) is 27.3. The van der Waals surface area contributed by atoms with Gasteiger partial charge in [-0.15, -0.1) is 0 Å². The second-order valence-corrected chi connectivity index (χ2v) is 8.79. The van der Waals surface area contributed by atoms with Gasteiger partial charge in [0.05, 0.1) is 12.2 Å².